The zero-order valence-electron chi connectivity index (χ0n) is 8.26. The quantitative estimate of drug-likeness (QED) is 0.719. The number of rotatable bonds is 1. The summed E-state index contributed by atoms with van der Waals surface area (Å²) < 4.78 is 37.4. The van der Waals surface area contributed by atoms with Crippen molar-refractivity contribution in [1.29, 1.82) is 0 Å². The highest BCUT2D eigenvalue weighted by Crippen LogP contribution is 2.30. The fourth-order valence-electron chi connectivity index (χ4n) is 1.61. The number of nitrogens with zero attached hydrogens (tertiary/aromatic N) is 3. The third kappa shape index (κ3) is 2.37. The van der Waals surface area contributed by atoms with Gasteiger partial charge in [0.25, 0.3) is 0 Å². The molecule has 1 saturated heterocycles. The normalized spacial score (nSPS) is 16.9. The second kappa shape index (κ2) is 4.08. The third-order valence-electron chi connectivity index (χ3n) is 2.36. The van der Waals surface area contributed by atoms with Crippen LogP contribution in [-0.2, 0) is 6.18 Å². The minimum atomic E-state index is -4.49. The molecule has 0 N–H and O–H groups in total. The molecule has 88 valence electrons. The molecule has 0 unspecified atom stereocenters. The Bertz CT molecular complexity index is 388. The summed E-state index contributed by atoms with van der Waals surface area (Å²) >= 11 is 5.56. The first-order chi connectivity index (χ1) is 7.47. The molecule has 0 aliphatic carbocycles. The second-order valence-corrected chi connectivity index (χ2v) is 3.96. The van der Waals surface area contributed by atoms with Crippen LogP contribution in [-0.4, -0.2) is 23.1 Å². The number of alkyl halides is 3. The molecule has 0 atom stereocenters. The zero-order valence-corrected chi connectivity index (χ0v) is 9.02. The highest BCUT2D eigenvalue weighted by Gasteiger charge is 2.34. The molecule has 0 radical (unpaired) electrons. The molecule has 0 saturated carbocycles. The Hall–Kier alpha value is -1.04. The van der Waals surface area contributed by atoms with Gasteiger partial charge in [-0.2, -0.15) is 13.2 Å². The van der Waals surface area contributed by atoms with Gasteiger partial charge in [-0.05, 0) is 12.8 Å². The molecule has 2 heterocycles. The van der Waals surface area contributed by atoms with Crippen LogP contribution in [0, 0.1) is 0 Å². The number of hydrogen-bond acceptors (Lipinski definition) is 3. The highest BCUT2D eigenvalue weighted by atomic mass is 35.5. The Morgan fingerprint density at radius 3 is 2.38 bits per heavy atom. The minimum absolute atomic E-state index is 0.0670. The van der Waals surface area contributed by atoms with Crippen LogP contribution >= 0.6 is 11.6 Å². The number of hydrogen-bond donors (Lipinski definition) is 0. The number of anilines is 1. The molecular formula is C9H9ClF3N3. The van der Waals surface area contributed by atoms with Gasteiger partial charge < -0.3 is 4.90 Å². The first kappa shape index (κ1) is 11.4. The number of halogens is 4. The average Bonchev–Trinajstić information content (AvgIpc) is 2.68. The summed E-state index contributed by atoms with van der Waals surface area (Å²) in [6, 6.07) is 0.737. The molecule has 0 spiro atoms. The molecule has 0 bridgehead atoms. The Morgan fingerprint density at radius 1 is 1.19 bits per heavy atom. The lowest BCUT2D eigenvalue weighted by Crippen LogP contribution is -2.22. The van der Waals surface area contributed by atoms with E-state index in [1.165, 1.54) is 0 Å². The van der Waals surface area contributed by atoms with Crippen molar-refractivity contribution in [3.8, 4) is 0 Å². The van der Waals surface area contributed by atoms with Crippen LogP contribution in [0.25, 0.3) is 0 Å². The molecule has 16 heavy (non-hydrogen) atoms. The van der Waals surface area contributed by atoms with E-state index in [1.54, 1.807) is 4.90 Å². The summed E-state index contributed by atoms with van der Waals surface area (Å²) in [5.74, 6) is 0.0670. The standard InChI is InChI=1S/C9H9ClF3N3/c10-7-5-6(9(11,12)13)14-8(15-7)16-3-1-2-4-16/h5H,1-4H2. The second-order valence-electron chi connectivity index (χ2n) is 3.57. The van der Waals surface area contributed by atoms with Crippen LogP contribution in [0.4, 0.5) is 19.1 Å². The van der Waals surface area contributed by atoms with Crippen molar-refractivity contribution >= 4 is 17.5 Å². The van der Waals surface area contributed by atoms with E-state index in [2.05, 4.69) is 9.97 Å². The first-order valence-corrected chi connectivity index (χ1v) is 5.21. The molecule has 1 aliphatic heterocycles. The van der Waals surface area contributed by atoms with E-state index in [0.717, 1.165) is 18.9 Å². The van der Waals surface area contributed by atoms with E-state index in [4.69, 9.17) is 11.6 Å². The minimum Gasteiger partial charge on any atom is -0.341 e. The SMILES string of the molecule is FC(F)(F)c1cc(Cl)nc(N2CCCC2)n1. The van der Waals surface area contributed by atoms with Crippen LogP contribution in [0.3, 0.4) is 0 Å². The summed E-state index contributed by atoms with van der Waals surface area (Å²) in [5.41, 5.74) is -0.991. The molecule has 0 amide bonds. The van der Waals surface area contributed by atoms with Gasteiger partial charge in [-0.15, -0.1) is 0 Å². The summed E-state index contributed by atoms with van der Waals surface area (Å²) in [7, 11) is 0. The summed E-state index contributed by atoms with van der Waals surface area (Å²) in [5, 5.41) is -0.177. The van der Waals surface area contributed by atoms with E-state index in [9.17, 15) is 13.2 Å². The predicted octanol–water partition coefficient (Wildman–Crippen LogP) is 2.75. The molecule has 1 fully saturated rings. The van der Waals surface area contributed by atoms with E-state index in [-0.39, 0.29) is 11.1 Å². The Balaban J connectivity index is 2.35. The van der Waals surface area contributed by atoms with Crippen LogP contribution in [0.2, 0.25) is 5.15 Å². The van der Waals surface area contributed by atoms with Crippen molar-refractivity contribution in [2.45, 2.75) is 19.0 Å². The maximum Gasteiger partial charge on any atom is 0.433 e. The van der Waals surface area contributed by atoms with Crippen molar-refractivity contribution in [1.82, 2.24) is 9.97 Å². The van der Waals surface area contributed by atoms with Crippen LogP contribution in [0.15, 0.2) is 6.07 Å². The van der Waals surface area contributed by atoms with Gasteiger partial charge in [0.1, 0.15) is 5.15 Å². The lowest BCUT2D eigenvalue weighted by molar-refractivity contribution is -0.141. The monoisotopic (exact) mass is 251 g/mol. The topological polar surface area (TPSA) is 29.0 Å². The Kier molecular flexibility index (Phi) is 2.92. The van der Waals surface area contributed by atoms with Gasteiger partial charge in [0.05, 0.1) is 0 Å². The third-order valence-corrected chi connectivity index (χ3v) is 2.56. The fourth-order valence-corrected chi connectivity index (χ4v) is 1.79. The highest BCUT2D eigenvalue weighted by molar-refractivity contribution is 6.29. The van der Waals surface area contributed by atoms with Crippen molar-refractivity contribution in [3.05, 3.63) is 16.9 Å². The van der Waals surface area contributed by atoms with Gasteiger partial charge in [-0.1, -0.05) is 11.6 Å². The van der Waals surface area contributed by atoms with Crippen LogP contribution < -0.4 is 4.90 Å². The van der Waals surface area contributed by atoms with Gasteiger partial charge in [0.2, 0.25) is 5.95 Å². The first-order valence-electron chi connectivity index (χ1n) is 4.83. The van der Waals surface area contributed by atoms with Gasteiger partial charge in [-0.25, -0.2) is 9.97 Å². The van der Waals surface area contributed by atoms with E-state index < -0.39 is 11.9 Å². The van der Waals surface area contributed by atoms with Crippen LogP contribution in [0.1, 0.15) is 18.5 Å². The molecule has 7 heteroatoms. The lowest BCUT2D eigenvalue weighted by Gasteiger charge is -2.16. The zero-order chi connectivity index (χ0) is 11.8. The number of aromatic nitrogens is 2. The average molecular weight is 252 g/mol. The Morgan fingerprint density at radius 2 is 1.81 bits per heavy atom. The van der Waals surface area contributed by atoms with Crippen molar-refractivity contribution in [2.24, 2.45) is 0 Å². The maximum atomic E-state index is 12.5. The van der Waals surface area contributed by atoms with Crippen LogP contribution in [0.5, 0.6) is 0 Å². The molecule has 0 aromatic carbocycles. The molecule has 1 aromatic heterocycles. The van der Waals surface area contributed by atoms with Gasteiger partial charge >= 0.3 is 6.18 Å². The van der Waals surface area contributed by atoms with E-state index in [1.807, 2.05) is 0 Å². The van der Waals surface area contributed by atoms with Gasteiger partial charge in [-0.3, -0.25) is 0 Å². The van der Waals surface area contributed by atoms with E-state index in [0.29, 0.717) is 13.1 Å². The molecule has 1 aliphatic rings. The smallest absolute Gasteiger partial charge is 0.341 e. The summed E-state index contributed by atoms with van der Waals surface area (Å²) in [6.45, 7) is 1.36. The lowest BCUT2D eigenvalue weighted by atomic mass is 10.4. The molecular weight excluding hydrogens is 243 g/mol. The maximum absolute atomic E-state index is 12.5. The van der Waals surface area contributed by atoms with Crippen molar-refractivity contribution in [3.63, 3.8) is 0 Å². The molecule has 2 rings (SSSR count). The molecule has 1 aromatic rings. The molecule has 3 nitrogen and oxygen atoms in total. The summed E-state index contributed by atoms with van der Waals surface area (Å²) in [4.78, 5) is 9.01. The Labute approximate surface area is 95.2 Å². The van der Waals surface area contributed by atoms with Crippen molar-refractivity contribution in [2.75, 3.05) is 18.0 Å². The van der Waals surface area contributed by atoms with E-state index >= 15 is 0 Å². The van der Waals surface area contributed by atoms with Gasteiger partial charge in [0.15, 0.2) is 5.69 Å². The summed E-state index contributed by atoms with van der Waals surface area (Å²) in [6.07, 6.45) is -2.60. The predicted molar refractivity (Wildman–Crippen MR) is 53.5 cm³/mol. The fraction of sp³-hybridized carbons (Fsp3) is 0.556. The van der Waals surface area contributed by atoms with Gasteiger partial charge in [0, 0.05) is 19.2 Å². The largest absolute Gasteiger partial charge is 0.433 e. The van der Waals surface area contributed by atoms with Crippen molar-refractivity contribution < 1.29 is 13.2 Å².